The van der Waals surface area contributed by atoms with Crippen LogP contribution < -0.4 is 21.3 Å². The van der Waals surface area contributed by atoms with Gasteiger partial charge in [-0.25, -0.2) is 4.98 Å². The van der Waals surface area contributed by atoms with E-state index in [4.69, 9.17) is 0 Å². The van der Waals surface area contributed by atoms with Gasteiger partial charge < -0.3 is 44.4 Å². The molecule has 0 atom stereocenters. The Morgan fingerprint density at radius 3 is 1.54 bits per heavy atom. The summed E-state index contributed by atoms with van der Waals surface area (Å²) in [6.45, 7) is 1.21. The molecule has 41 heavy (non-hydrogen) atoms. The van der Waals surface area contributed by atoms with E-state index in [0.29, 0.717) is 47.2 Å². The summed E-state index contributed by atoms with van der Waals surface area (Å²) in [4.78, 5) is 57.0. The number of amides is 4. The molecule has 0 aromatic carbocycles. The maximum atomic E-state index is 13.0. The quantitative estimate of drug-likeness (QED) is 0.230. The highest BCUT2D eigenvalue weighted by Crippen LogP contribution is 2.20. The molecule has 0 saturated heterocycles. The Morgan fingerprint density at radius 2 is 1.12 bits per heavy atom. The first-order valence-electron chi connectivity index (χ1n) is 12.8. The molecular weight excluding hydrogens is 528 g/mol. The predicted molar refractivity (Wildman–Crippen MR) is 154 cm³/mol. The third-order valence-electron chi connectivity index (χ3n) is 6.36. The number of nitrogens with zero attached hydrogens (tertiary/aromatic N) is 6. The van der Waals surface area contributed by atoms with Crippen molar-refractivity contribution < 1.29 is 19.2 Å². The molecule has 0 aliphatic heterocycles. The van der Waals surface area contributed by atoms with E-state index < -0.39 is 17.7 Å². The lowest BCUT2D eigenvalue weighted by molar-refractivity contribution is 0.0940. The summed E-state index contributed by atoms with van der Waals surface area (Å²) in [6, 6.07) is 4.71. The van der Waals surface area contributed by atoms with E-state index in [2.05, 4.69) is 26.3 Å². The third kappa shape index (κ3) is 6.73. The standard InChI is InChI=1S/C27H34N10O4/c1-33(2)9-7-29-24(38)20-11-17(14-35(20)4)30-25(39)21-12-18(15-36(21)5)31-26(40)22-13-19(16-37(22)6)32-27(41)23-28-8-10-34(23)3/h8,10-16H,7,9H2,1-6H3,(H,29,38)(H,30,39)(H,31,40)(H,32,41). The Morgan fingerprint density at radius 1 is 0.683 bits per heavy atom. The largest absolute Gasteiger partial charge is 0.349 e. The number of nitrogens with one attached hydrogen (secondary N) is 4. The SMILES string of the molecule is CN(C)CCNC(=O)c1cc(NC(=O)c2cc(NC(=O)c3cc(NC(=O)c4nccn4C)cn3C)cn2C)cn1C. The molecule has 0 saturated carbocycles. The van der Waals surface area contributed by atoms with Gasteiger partial charge in [0.1, 0.15) is 17.1 Å². The van der Waals surface area contributed by atoms with Crippen molar-refractivity contribution >= 4 is 40.7 Å². The minimum Gasteiger partial charge on any atom is -0.349 e. The number of hydrogen-bond donors (Lipinski definition) is 4. The Bertz CT molecular complexity index is 1600. The molecule has 0 unspecified atom stereocenters. The maximum Gasteiger partial charge on any atom is 0.291 e. The number of carbonyl (C=O) groups is 4. The van der Waals surface area contributed by atoms with Gasteiger partial charge in [-0.2, -0.15) is 0 Å². The minimum absolute atomic E-state index is 0.237. The van der Waals surface area contributed by atoms with Crippen LogP contribution in [0.5, 0.6) is 0 Å². The van der Waals surface area contributed by atoms with Crippen LogP contribution in [0.2, 0.25) is 0 Å². The molecule has 14 nitrogen and oxygen atoms in total. The number of anilines is 3. The molecule has 0 aliphatic carbocycles. The van der Waals surface area contributed by atoms with Crippen LogP contribution in [0, 0.1) is 0 Å². The molecule has 4 rings (SSSR count). The van der Waals surface area contributed by atoms with E-state index in [9.17, 15) is 19.2 Å². The summed E-state index contributed by atoms with van der Waals surface area (Å²) in [6.07, 6.45) is 8.09. The minimum atomic E-state index is -0.421. The molecule has 0 spiro atoms. The zero-order valence-electron chi connectivity index (χ0n) is 23.8. The lowest BCUT2D eigenvalue weighted by atomic mass is 10.3. The van der Waals surface area contributed by atoms with Crippen LogP contribution in [-0.4, -0.2) is 79.0 Å². The Kier molecular flexibility index (Phi) is 8.42. The van der Waals surface area contributed by atoms with Crippen molar-refractivity contribution in [2.45, 2.75) is 0 Å². The normalized spacial score (nSPS) is 11.0. The topological polar surface area (TPSA) is 152 Å². The lowest BCUT2D eigenvalue weighted by Crippen LogP contribution is -2.32. The van der Waals surface area contributed by atoms with E-state index in [1.165, 1.54) is 6.20 Å². The van der Waals surface area contributed by atoms with Gasteiger partial charge in [-0.15, -0.1) is 0 Å². The number of carbonyl (C=O) groups excluding carboxylic acids is 4. The monoisotopic (exact) mass is 562 g/mol. The first kappa shape index (κ1) is 28.9. The van der Waals surface area contributed by atoms with Gasteiger partial charge in [0.2, 0.25) is 0 Å². The number of aryl methyl sites for hydroxylation is 4. The van der Waals surface area contributed by atoms with Crippen LogP contribution in [0.4, 0.5) is 17.1 Å². The second-order valence-corrected chi connectivity index (χ2v) is 9.96. The van der Waals surface area contributed by atoms with Crippen LogP contribution in [-0.2, 0) is 28.2 Å². The van der Waals surface area contributed by atoms with Gasteiger partial charge in [0, 0.05) is 72.3 Å². The number of rotatable bonds is 10. The van der Waals surface area contributed by atoms with E-state index in [-0.39, 0.29) is 11.7 Å². The molecule has 14 heteroatoms. The van der Waals surface area contributed by atoms with E-state index in [1.54, 1.807) is 89.4 Å². The van der Waals surface area contributed by atoms with Gasteiger partial charge in [-0.3, -0.25) is 19.2 Å². The van der Waals surface area contributed by atoms with Gasteiger partial charge in [-0.05, 0) is 32.3 Å². The summed E-state index contributed by atoms with van der Waals surface area (Å²) in [7, 11) is 10.7. The van der Waals surface area contributed by atoms with Gasteiger partial charge >= 0.3 is 0 Å². The highest BCUT2D eigenvalue weighted by Gasteiger charge is 2.19. The molecule has 0 fully saturated rings. The third-order valence-corrected chi connectivity index (χ3v) is 6.36. The van der Waals surface area contributed by atoms with Crippen molar-refractivity contribution in [2.24, 2.45) is 28.2 Å². The predicted octanol–water partition coefficient (Wildman–Crippen LogP) is 1.48. The molecule has 4 aromatic rings. The molecule has 4 heterocycles. The van der Waals surface area contributed by atoms with E-state index >= 15 is 0 Å². The summed E-state index contributed by atoms with van der Waals surface area (Å²) in [5.74, 6) is -1.22. The fourth-order valence-electron chi connectivity index (χ4n) is 4.22. The van der Waals surface area contributed by atoms with Crippen LogP contribution >= 0.6 is 0 Å². The molecular formula is C27H34N10O4. The maximum absolute atomic E-state index is 13.0. The van der Waals surface area contributed by atoms with Crippen molar-refractivity contribution in [1.29, 1.82) is 0 Å². The van der Waals surface area contributed by atoms with Crippen molar-refractivity contribution in [1.82, 2.24) is 33.5 Å². The number of hydrogen-bond acceptors (Lipinski definition) is 6. The molecule has 4 aromatic heterocycles. The van der Waals surface area contributed by atoms with Crippen molar-refractivity contribution in [2.75, 3.05) is 43.1 Å². The average molecular weight is 563 g/mol. The zero-order chi connectivity index (χ0) is 29.8. The van der Waals surface area contributed by atoms with Crippen molar-refractivity contribution in [3.8, 4) is 0 Å². The molecule has 0 bridgehead atoms. The first-order valence-corrected chi connectivity index (χ1v) is 12.8. The van der Waals surface area contributed by atoms with Crippen LogP contribution in [0.3, 0.4) is 0 Å². The van der Waals surface area contributed by atoms with E-state index in [1.807, 2.05) is 19.0 Å². The smallest absolute Gasteiger partial charge is 0.291 e. The van der Waals surface area contributed by atoms with Crippen molar-refractivity contribution in [3.63, 3.8) is 0 Å². The van der Waals surface area contributed by atoms with Gasteiger partial charge in [0.05, 0.1) is 17.1 Å². The van der Waals surface area contributed by atoms with E-state index in [0.717, 1.165) is 0 Å². The lowest BCUT2D eigenvalue weighted by Gasteiger charge is -2.10. The molecule has 0 radical (unpaired) electrons. The van der Waals surface area contributed by atoms with Crippen LogP contribution in [0.25, 0.3) is 0 Å². The fraction of sp³-hybridized carbons (Fsp3) is 0.296. The molecule has 0 aliphatic rings. The zero-order valence-corrected chi connectivity index (χ0v) is 23.8. The first-order chi connectivity index (χ1) is 19.4. The summed E-state index contributed by atoms with van der Waals surface area (Å²) in [5, 5.41) is 11.2. The van der Waals surface area contributed by atoms with Crippen LogP contribution in [0.15, 0.2) is 49.2 Å². The molecule has 4 amide bonds. The van der Waals surface area contributed by atoms with Gasteiger partial charge in [-0.1, -0.05) is 0 Å². The Hall–Kier alpha value is -5.11. The number of likely N-dealkylation sites (N-methyl/N-ethyl adjacent to an activating group) is 1. The molecule has 4 N–H and O–H groups in total. The van der Waals surface area contributed by atoms with Crippen LogP contribution in [0.1, 0.15) is 42.1 Å². The molecule has 216 valence electrons. The average Bonchev–Trinajstić information content (AvgIpc) is 3.66. The highest BCUT2D eigenvalue weighted by atomic mass is 16.2. The van der Waals surface area contributed by atoms with Gasteiger partial charge in [0.25, 0.3) is 23.6 Å². The highest BCUT2D eigenvalue weighted by molar-refractivity contribution is 6.08. The Balaban J connectivity index is 1.39. The summed E-state index contributed by atoms with van der Waals surface area (Å²) < 4.78 is 6.41. The Labute approximate surface area is 236 Å². The number of aromatic nitrogens is 5. The summed E-state index contributed by atoms with van der Waals surface area (Å²) >= 11 is 0. The van der Waals surface area contributed by atoms with Gasteiger partial charge in [0.15, 0.2) is 5.82 Å². The summed E-state index contributed by atoms with van der Waals surface area (Å²) in [5.41, 5.74) is 2.33. The van der Waals surface area contributed by atoms with Crippen molar-refractivity contribution in [3.05, 3.63) is 72.1 Å². The second-order valence-electron chi connectivity index (χ2n) is 9.96. The number of imidazole rings is 1. The second kappa shape index (κ2) is 12.0. The fourth-order valence-corrected chi connectivity index (χ4v) is 4.22.